The average Bonchev–Trinajstić information content (AvgIpc) is 2.51. The summed E-state index contributed by atoms with van der Waals surface area (Å²) in [5.41, 5.74) is 0.917. The maximum atomic E-state index is 5.63. The lowest BCUT2D eigenvalue weighted by atomic mass is 9.96. The first kappa shape index (κ1) is 16.9. The monoisotopic (exact) mass is 322 g/mol. The van der Waals surface area contributed by atoms with E-state index in [2.05, 4.69) is 10.6 Å². The summed E-state index contributed by atoms with van der Waals surface area (Å²) >= 11 is 5.41. The molecule has 0 saturated heterocycles. The first-order chi connectivity index (χ1) is 10.7. The van der Waals surface area contributed by atoms with Gasteiger partial charge in [0.15, 0.2) is 16.6 Å². The van der Waals surface area contributed by atoms with Gasteiger partial charge in [-0.2, -0.15) is 0 Å². The number of rotatable bonds is 6. The van der Waals surface area contributed by atoms with Crippen LogP contribution in [0.25, 0.3) is 0 Å². The second-order valence-corrected chi connectivity index (χ2v) is 5.87. The van der Waals surface area contributed by atoms with Gasteiger partial charge in [-0.05, 0) is 51.0 Å². The van der Waals surface area contributed by atoms with Crippen LogP contribution in [0.4, 0.5) is 5.69 Å². The number of hydrogen-bond acceptors (Lipinski definition) is 3. The van der Waals surface area contributed by atoms with Crippen molar-refractivity contribution in [2.45, 2.75) is 52.0 Å². The summed E-state index contributed by atoms with van der Waals surface area (Å²) in [6.45, 7) is 5.15. The highest BCUT2D eigenvalue weighted by atomic mass is 32.1. The molecule has 0 spiro atoms. The van der Waals surface area contributed by atoms with E-state index < -0.39 is 0 Å². The van der Waals surface area contributed by atoms with Gasteiger partial charge in [-0.15, -0.1) is 0 Å². The highest BCUT2D eigenvalue weighted by molar-refractivity contribution is 7.80. The standard InChI is InChI=1S/C17H26N2O2S/c1-3-20-15-11-10-14(12-16(15)21-4-2)19-17(22)18-13-8-6-5-7-9-13/h10-13H,3-9H2,1-2H3,(H2,18,19,22). The van der Waals surface area contributed by atoms with Crippen LogP contribution in [0.3, 0.4) is 0 Å². The van der Waals surface area contributed by atoms with Crippen LogP contribution in [-0.4, -0.2) is 24.4 Å². The van der Waals surface area contributed by atoms with Crippen molar-refractivity contribution >= 4 is 23.0 Å². The van der Waals surface area contributed by atoms with E-state index in [0.717, 1.165) is 17.2 Å². The number of thiocarbonyl (C=S) groups is 1. The first-order valence-electron chi connectivity index (χ1n) is 8.20. The summed E-state index contributed by atoms with van der Waals surface area (Å²) < 4.78 is 11.2. The Labute approximate surface area is 138 Å². The molecule has 0 aromatic heterocycles. The molecule has 0 atom stereocenters. The van der Waals surface area contributed by atoms with Gasteiger partial charge in [-0.3, -0.25) is 0 Å². The van der Waals surface area contributed by atoms with Crippen LogP contribution in [0, 0.1) is 0 Å². The van der Waals surface area contributed by atoms with Crippen molar-refractivity contribution in [1.82, 2.24) is 5.32 Å². The van der Waals surface area contributed by atoms with Crippen molar-refractivity contribution in [3.05, 3.63) is 18.2 Å². The van der Waals surface area contributed by atoms with Gasteiger partial charge < -0.3 is 20.1 Å². The van der Waals surface area contributed by atoms with Crippen molar-refractivity contribution < 1.29 is 9.47 Å². The second kappa shape index (κ2) is 8.83. The lowest BCUT2D eigenvalue weighted by molar-refractivity contribution is 0.288. The summed E-state index contributed by atoms with van der Waals surface area (Å²) in [5, 5.41) is 7.33. The molecule has 0 amide bonds. The lowest BCUT2D eigenvalue weighted by Crippen LogP contribution is -2.38. The van der Waals surface area contributed by atoms with Gasteiger partial charge in [0.1, 0.15) is 0 Å². The van der Waals surface area contributed by atoms with E-state index in [1.165, 1.54) is 32.1 Å². The SMILES string of the molecule is CCOc1ccc(NC(=S)NC2CCCCC2)cc1OCC. The van der Waals surface area contributed by atoms with Crippen molar-refractivity contribution in [3.8, 4) is 11.5 Å². The maximum absolute atomic E-state index is 5.63. The van der Waals surface area contributed by atoms with Gasteiger partial charge in [0.2, 0.25) is 0 Å². The number of benzene rings is 1. The van der Waals surface area contributed by atoms with Gasteiger partial charge >= 0.3 is 0 Å². The van der Waals surface area contributed by atoms with Gasteiger partial charge in [0, 0.05) is 17.8 Å². The molecule has 0 aliphatic heterocycles. The molecular formula is C17H26N2O2S. The van der Waals surface area contributed by atoms with Crippen molar-refractivity contribution in [3.63, 3.8) is 0 Å². The van der Waals surface area contributed by atoms with Gasteiger partial charge in [-0.1, -0.05) is 19.3 Å². The quantitative estimate of drug-likeness (QED) is 0.772. The number of ether oxygens (including phenoxy) is 2. The molecule has 0 unspecified atom stereocenters. The molecule has 1 fully saturated rings. The molecule has 2 N–H and O–H groups in total. The van der Waals surface area contributed by atoms with E-state index in [9.17, 15) is 0 Å². The van der Waals surface area contributed by atoms with E-state index in [1.54, 1.807) is 0 Å². The smallest absolute Gasteiger partial charge is 0.170 e. The Kier molecular flexibility index (Phi) is 6.77. The average molecular weight is 322 g/mol. The van der Waals surface area contributed by atoms with Crippen LogP contribution in [0.1, 0.15) is 46.0 Å². The zero-order valence-electron chi connectivity index (χ0n) is 13.5. The number of hydrogen-bond donors (Lipinski definition) is 2. The molecule has 0 heterocycles. The summed E-state index contributed by atoms with van der Waals surface area (Å²) in [6.07, 6.45) is 6.33. The first-order valence-corrected chi connectivity index (χ1v) is 8.61. The minimum atomic E-state index is 0.503. The summed E-state index contributed by atoms with van der Waals surface area (Å²) in [5.74, 6) is 1.51. The maximum Gasteiger partial charge on any atom is 0.170 e. The fourth-order valence-electron chi connectivity index (χ4n) is 2.73. The van der Waals surface area contributed by atoms with Crippen molar-refractivity contribution in [2.75, 3.05) is 18.5 Å². The van der Waals surface area contributed by atoms with E-state index in [1.807, 2.05) is 32.0 Å². The molecule has 4 nitrogen and oxygen atoms in total. The fraction of sp³-hybridized carbons (Fsp3) is 0.588. The Morgan fingerprint density at radius 2 is 1.77 bits per heavy atom. The van der Waals surface area contributed by atoms with Crippen LogP contribution >= 0.6 is 12.2 Å². The molecule has 1 aromatic carbocycles. The topological polar surface area (TPSA) is 42.5 Å². The molecule has 0 radical (unpaired) electrons. The molecule has 1 aliphatic carbocycles. The predicted octanol–water partition coefficient (Wildman–Crippen LogP) is 4.10. The molecule has 5 heteroatoms. The van der Waals surface area contributed by atoms with E-state index in [-0.39, 0.29) is 0 Å². The van der Waals surface area contributed by atoms with E-state index >= 15 is 0 Å². The second-order valence-electron chi connectivity index (χ2n) is 5.46. The van der Waals surface area contributed by atoms with Crippen LogP contribution in [0.5, 0.6) is 11.5 Å². The fourth-order valence-corrected chi connectivity index (χ4v) is 3.01. The zero-order valence-corrected chi connectivity index (χ0v) is 14.3. The largest absolute Gasteiger partial charge is 0.490 e. The minimum Gasteiger partial charge on any atom is -0.490 e. The molecule has 2 rings (SSSR count). The van der Waals surface area contributed by atoms with Gasteiger partial charge in [-0.25, -0.2) is 0 Å². The summed E-state index contributed by atoms with van der Waals surface area (Å²) in [4.78, 5) is 0. The molecule has 22 heavy (non-hydrogen) atoms. The Bertz CT molecular complexity index is 488. The molecule has 122 valence electrons. The Morgan fingerprint density at radius 1 is 1.09 bits per heavy atom. The third-order valence-corrected chi connectivity index (χ3v) is 3.96. The summed E-state index contributed by atoms with van der Waals surface area (Å²) in [6, 6.07) is 6.31. The van der Waals surface area contributed by atoms with E-state index in [0.29, 0.717) is 24.4 Å². The Morgan fingerprint density at radius 3 is 2.45 bits per heavy atom. The van der Waals surface area contributed by atoms with Crippen LogP contribution < -0.4 is 20.1 Å². The van der Waals surface area contributed by atoms with Crippen LogP contribution in [-0.2, 0) is 0 Å². The highest BCUT2D eigenvalue weighted by Gasteiger charge is 2.14. The highest BCUT2D eigenvalue weighted by Crippen LogP contribution is 2.30. The van der Waals surface area contributed by atoms with Crippen LogP contribution in [0.2, 0.25) is 0 Å². The number of nitrogens with one attached hydrogen (secondary N) is 2. The minimum absolute atomic E-state index is 0.503. The molecule has 0 bridgehead atoms. The third kappa shape index (κ3) is 5.05. The molecule has 1 aromatic rings. The van der Waals surface area contributed by atoms with Crippen molar-refractivity contribution in [2.24, 2.45) is 0 Å². The predicted molar refractivity (Wildman–Crippen MR) is 95.0 cm³/mol. The summed E-state index contributed by atoms with van der Waals surface area (Å²) in [7, 11) is 0. The molecular weight excluding hydrogens is 296 g/mol. The molecule has 1 aliphatic rings. The van der Waals surface area contributed by atoms with Crippen LogP contribution in [0.15, 0.2) is 18.2 Å². The zero-order chi connectivity index (χ0) is 15.8. The van der Waals surface area contributed by atoms with Gasteiger partial charge in [0.05, 0.1) is 13.2 Å². The third-order valence-electron chi connectivity index (χ3n) is 3.74. The lowest BCUT2D eigenvalue weighted by Gasteiger charge is -2.24. The Hall–Kier alpha value is -1.49. The van der Waals surface area contributed by atoms with Gasteiger partial charge in [0.25, 0.3) is 0 Å². The normalized spacial score (nSPS) is 15.2. The Balaban J connectivity index is 1.95. The van der Waals surface area contributed by atoms with Crippen molar-refractivity contribution in [1.29, 1.82) is 0 Å². The van der Waals surface area contributed by atoms with E-state index in [4.69, 9.17) is 21.7 Å². The molecule has 1 saturated carbocycles. The number of anilines is 1.